The topological polar surface area (TPSA) is 116 Å². The van der Waals surface area contributed by atoms with Gasteiger partial charge >= 0.3 is 17.9 Å². The maximum absolute atomic E-state index is 13.3. The van der Waals surface area contributed by atoms with Crippen molar-refractivity contribution in [2.75, 3.05) is 19.0 Å². The minimum absolute atomic E-state index is 0.259. The van der Waals surface area contributed by atoms with Crippen LogP contribution in [-0.4, -0.2) is 50.4 Å². The molecule has 1 aromatic rings. The van der Waals surface area contributed by atoms with Gasteiger partial charge < -0.3 is 20.3 Å². The number of carboxylic acids is 1. The first-order valence-electron chi connectivity index (χ1n) is 16.2. The minimum Gasteiger partial charge on any atom is -0.481 e. The number of hydrogen-bond acceptors (Lipinski definition) is 9. The van der Waals surface area contributed by atoms with Gasteiger partial charge in [-0.3, -0.25) is 9.59 Å². The van der Waals surface area contributed by atoms with Crippen LogP contribution in [0.25, 0.3) is 6.08 Å². The number of nitrogens with two attached hydrogens (primary N) is 1. The van der Waals surface area contributed by atoms with E-state index in [9.17, 15) is 19.5 Å². The van der Waals surface area contributed by atoms with E-state index in [0.717, 1.165) is 34.1 Å². The smallest absolute Gasteiger partial charge is 0.334 e. The van der Waals surface area contributed by atoms with Gasteiger partial charge in [0.05, 0.1) is 29.4 Å². The molecule has 0 aliphatic heterocycles. The number of esters is 2. The molecule has 0 aromatic heterocycles. The highest BCUT2D eigenvalue weighted by Gasteiger charge is 2.48. The maximum atomic E-state index is 13.3. The van der Waals surface area contributed by atoms with Crippen LogP contribution in [0.4, 0.5) is 0 Å². The molecule has 1 aromatic carbocycles. The predicted molar refractivity (Wildman–Crippen MR) is 193 cm³/mol. The molecular formula is C35H55NO6S3. The first kappa shape index (κ1) is 41.1. The lowest BCUT2D eigenvalue weighted by Gasteiger charge is -2.43. The third-order valence-corrected chi connectivity index (χ3v) is 11.8. The molecule has 0 aliphatic rings. The van der Waals surface area contributed by atoms with Crippen LogP contribution >= 0.6 is 35.7 Å². The van der Waals surface area contributed by atoms with E-state index in [2.05, 4.69) is 0 Å². The summed E-state index contributed by atoms with van der Waals surface area (Å²) in [5, 5.41) is 10.0. The van der Waals surface area contributed by atoms with Gasteiger partial charge in [-0.15, -0.1) is 11.8 Å². The third-order valence-electron chi connectivity index (χ3n) is 8.92. The van der Waals surface area contributed by atoms with Gasteiger partial charge in [-0.25, -0.2) is 4.79 Å². The van der Waals surface area contributed by atoms with Gasteiger partial charge in [0.15, 0.2) is 0 Å². The molecule has 0 spiro atoms. The Hall–Kier alpha value is -1.88. The van der Waals surface area contributed by atoms with Crippen molar-refractivity contribution < 1.29 is 29.0 Å². The molecule has 0 saturated carbocycles. The molecule has 0 radical (unpaired) electrons. The SMILES string of the molecule is CCCC(N)(SC(=S)SCC)C(C)C(=O)OCCCCCCOC(=O)/C(=C/c1ccccc1)CC(CC)(CC)C(C)(C)C(=O)O. The van der Waals surface area contributed by atoms with Crippen LogP contribution in [0.2, 0.25) is 0 Å². The van der Waals surface area contributed by atoms with Crippen LogP contribution in [0.1, 0.15) is 112 Å². The van der Waals surface area contributed by atoms with E-state index >= 15 is 0 Å². The number of benzene rings is 1. The minimum atomic E-state index is -1.03. The number of ether oxygens (including phenoxy) is 2. The van der Waals surface area contributed by atoms with Crippen LogP contribution in [0.3, 0.4) is 0 Å². The van der Waals surface area contributed by atoms with Crippen molar-refractivity contribution in [3.05, 3.63) is 41.5 Å². The zero-order valence-corrected chi connectivity index (χ0v) is 30.8. The molecule has 0 aliphatic carbocycles. The van der Waals surface area contributed by atoms with Crippen LogP contribution in [0, 0.1) is 16.7 Å². The Morgan fingerprint density at radius 3 is 2.07 bits per heavy atom. The Balaban J connectivity index is 2.69. The van der Waals surface area contributed by atoms with Gasteiger partial charge in [-0.1, -0.05) is 88.4 Å². The van der Waals surface area contributed by atoms with Crippen molar-refractivity contribution in [2.24, 2.45) is 22.5 Å². The maximum Gasteiger partial charge on any atom is 0.334 e. The number of hydrogen-bond donors (Lipinski definition) is 2. The van der Waals surface area contributed by atoms with E-state index in [1.807, 2.05) is 71.0 Å². The quantitative estimate of drug-likeness (QED) is 0.0428. The molecule has 10 heteroatoms. The molecule has 254 valence electrons. The highest BCUT2D eigenvalue weighted by atomic mass is 32.2. The molecule has 45 heavy (non-hydrogen) atoms. The van der Waals surface area contributed by atoms with E-state index in [1.165, 1.54) is 11.8 Å². The average Bonchev–Trinajstić information content (AvgIpc) is 3.00. The van der Waals surface area contributed by atoms with Crippen LogP contribution < -0.4 is 5.73 Å². The molecule has 0 heterocycles. The number of rotatable bonds is 21. The summed E-state index contributed by atoms with van der Waals surface area (Å²) in [5.74, 6) is -1.23. The van der Waals surface area contributed by atoms with E-state index in [1.54, 1.807) is 25.6 Å². The lowest BCUT2D eigenvalue weighted by molar-refractivity contribution is -0.157. The average molecular weight is 682 g/mol. The second-order valence-corrected chi connectivity index (χ2v) is 15.9. The van der Waals surface area contributed by atoms with Crippen molar-refractivity contribution in [1.82, 2.24) is 0 Å². The molecule has 0 amide bonds. The van der Waals surface area contributed by atoms with Crippen molar-refractivity contribution in [3.63, 3.8) is 0 Å². The summed E-state index contributed by atoms with van der Waals surface area (Å²) in [5.41, 5.74) is 6.33. The number of unbranched alkanes of at least 4 members (excludes halogenated alkanes) is 3. The first-order chi connectivity index (χ1) is 21.2. The fraction of sp³-hybridized carbons (Fsp3) is 0.657. The molecule has 0 fully saturated rings. The molecule has 2 atom stereocenters. The second-order valence-electron chi connectivity index (χ2n) is 12.1. The Morgan fingerprint density at radius 1 is 0.978 bits per heavy atom. The third kappa shape index (κ3) is 12.7. The van der Waals surface area contributed by atoms with Crippen molar-refractivity contribution in [3.8, 4) is 0 Å². The van der Waals surface area contributed by atoms with Gasteiger partial charge in [0.25, 0.3) is 0 Å². The summed E-state index contributed by atoms with van der Waals surface area (Å²) in [7, 11) is 0. The molecule has 1 rings (SSSR count). The van der Waals surface area contributed by atoms with Gasteiger partial charge in [-0.05, 0) is 94.9 Å². The Morgan fingerprint density at radius 2 is 1.56 bits per heavy atom. The number of carbonyl (C=O) groups is 3. The largest absolute Gasteiger partial charge is 0.481 e. The number of carboxylic acid groups (broad SMARTS) is 1. The van der Waals surface area contributed by atoms with E-state index in [4.69, 9.17) is 27.4 Å². The van der Waals surface area contributed by atoms with E-state index in [0.29, 0.717) is 50.7 Å². The summed E-state index contributed by atoms with van der Waals surface area (Å²) in [6.45, 7) is 13.9. The highest BCUT2D eigenvalue weighted by molar-refractivity contribution is 8.47. The summed E-state index contributed by atoms with van der Waals surface area (Å²) >= 11 is 8.39. The Kier molecular flexibility index (Phi) is 18.6. The summed E-state index contributed by atoms with van der Waals surface area (Å²) < 4.78 is 12.0. The molecule has 7 nitrogen and oxygen atoms in total. The predicted octanol–water partition coefficient (Wildman–Crippen LogP) is 8.89. The fourth-order valence-electron chi connectivity index (χ4n) is 5.49. The highest BCUT2D eigenvalue weighted by Crippen LogP contribution is 2.50. The standard InChI is InChI=1S/C35H55NO6S3/c1-8-21-35(36,45-32(43)44-11-4)26(5)29(37)41-22-17-12-13-18-23-42-30(38)28(24-27-19-15-14-16-20-27)25-34(9-2,10-3)33(6,7)31(39)40/h14-16,19-20,24,26H,8-13,17-18,21-23,25,36H2,1-7H3,(H,39,40)/b28-24+. The van der Waals surface area contributed by atoms with Gasteiger partial charge in [-0.2, -0.15) is 0 Å². The van der Waals surface area contributed by atoms with Crippen LogP contribution in [0.15, 0.2) is 35.9 Å². The monoisotopic (exact) mass is 681 g/mol. The lowest BCUT2D eigenvalue weighted by atomic mass is 9.59. The zero-order chi connectivity index (χ0) is 34.1. The van der Waals surface area contributed by atoms with Crippen LogP contribution in [0.5, 0.6) is 0 Å². The Labute approximate surface area is 285 Å². The van der Waals surface area contributed by atoms with Crippen molar-refractivity contribution in [1.29, 1.82) is 0 Å². The zero-order valence-electron chi connectivity index (χ0n) is 28.3. The number of carbonyl (C=O) groups excluding carboxylic acids is 2. The normalized spacial score (nSPS) is 14.4. The Bertz CT molecular complexity index is 1120. The number of thioether (sulfide) groups is 2. The summed E-state index contributed by atoms with van der Waals surface area (Å²) in [4.78, 5) is 37.6. The molecule has 0 bridgehead atoms. The molecule has 0 saturated heterocycles. The first-order valence-corrected chi connectivity index (χ1v) is 18.4. The second kappa shape index (κ2) is 20.4. The number of thiocarbonyl (C=S) groups is 1. The molecule has 2 unspecified atom stereocenters. The van der Waals surface area contributed by atoms with Crippen LogP contribution in [-0.2, 0) is 23.9 Å². The van der Waals surface area contributed by atoms with Gasteiger partial charge in [0.1, 0.15) is 3.53 Å². The van der Waals surface area contributed by atoms with E-state index < -0.39 is 33.6 Å². The van der Waals surface area contributed by atoms with Gasteiger partial charge in [0.2, 0.25) is 0 Å². The van der Waals surface area contributed by atoms with Crippen molar-refractivity contribution >= 4 is 63.3 Å². The summed E-state index contributed by atoms with van der Waals surface area (Å²) in [6.07, 6.45) is 7.86. The van der Waals surface area contributed by atoms with E-state index in [-0.39, 0.29) is 12.6 Å². The number of aliphatic carboxylic acids is 1. The lowest BCUT2D eigenvalue weighted by Crippen LogP contribution is -2.47. The molecular weight excluding hydrogens is 627 g/mol. The van der Waals surface area contributed by atoms with Gasteiger partial charge in [0, 0.05) is 5.57 Å². The summed E-state index contributed by atoms with van der Waals surface area (Å²) in [6, 6.07) is 9.55. The van der Waals surface area contributed by atoms with Crippen molar-refractivity contribution in [2.45, 2.75) is 111 Å². The fourth-order valence-corrected chi connectivity index (χ4v) is 8.49. The molecule has 3 N–H and O–H groups in total.